The molecule has 0 aliphatic carbocycles. The Balaban J connectivity index is 2.56. The third kappa shape index (κ3) is 3.69. The molecule has 0 amide bonds. The standard InChI is InChI=1S/C8H19N3O3S/c1-2-8(7-12)10-15(13,14)11-5-3-9-4-6-11/h8-10,12H,2-7H2,1H3/t8-/m1/s1. The van der Waals surface area contributed by atoms with Gasteiger partial charge in [0.2, 0.25) is 0 Å². The van der Waals surface area contributed by atoms with E-state index < -0.39 is 10.2 Å². The molecule has 1 heterocycles. The highest BCUT2D eigenvalue weighted by Gasteiger charge is 2.25. The molecule has 6 nitrogen and oxygen atoms in total. The minimum atomic E-state index is -3.42. The molecule has 0 bridgehead atoms. The van der Waals surface area contributed by atoms with E-state index in [1.165, 1.54) is 4.31 Å². The quantitative estimate of drug-likeness (QED) is 0.543. The van der Waals surface area contributed by atoms with E-state index in [2.05, 4.69) is 10.0 Å². The molecular weight excluding hydrogens is 218 g/mol. The molecule has 1 atom stereocenters. The molecule has 7 heteroatoms. The van der Waals surface area contributed by atoms with Crippen LogP contribution in [0, 0.1) is 0 Å². The van der Waals surface area contributed by atoms with Crippen molar-refractivity contribution in [1.82, 2.24) is 14.3 Å². The summed E-state index contributed by atoms with van der Waals surface area (Å²) >= 11 is 0. The summed E-state index contributed by atoms with van der Waals surface area (Å²) in [7, 11) is -3.42. The zero-order valence-corrected chi connectivity index (χ0v) is 9.76. The summed E-state index contributed by atoms with van der Waals surface area (Å²) in [4.78, 5) is 0. The van der Waals surface area contributed by atoms with E-state index in [0.29, 0.717) is 32.6 Å². The molecule has 0 saturated carbocycles. The summed E-state index contributed by atoms with van der Waals surface area (Å²) < 4.78 is 27.5. The Morgan fingerprint density at radius 1 is 1.47 bits per heavy atom. The van der Waals surface area contributed by atoms with E-state index in [0.717, 1.165) is 0 Å². The van der Waals surface area contributed by atoms with Gasteiger partial charge in [-0.05, 0) is 6.42 Å². The zero-order valence-electron chi connectivity index (χ0n) is 8.94. The van der Waals surface area contributed by atoms with E-state index in [-0.39, 0.29) is 12.6 Å². The van der Waals surface area contributed by atoms with Crippen LogP contribution in [0.3, 0.4) is 0 Å². The van der Waals surface area contributed by atoms with Crippen molar-refractivity contribution < 1.29 is 13.5 Å². The van der Waals surface area contributed by atoms with Gasteiger partial charge in [-0.15, -0.1) is 0 Å². The molecule has 0 unspecified atom stereocenters. The van der Waals surface area contributed by atoms with Crippen molar-refractivity contribution in [2.75, 3.05) is 32.8 Å². The van der Waals surface area contributed by atoms with Crippen LogP contribution in [0.1, 0.15) is 13.3 Å². The topological polar surface area (TPSA) is 81.7 Å². The third-order valence-electron chi connectivity index (χ3n) is 2.44. The Bertz CT molecular complexity index is 271. The Hall–Kier alpha value is -0.210. The highest BCUT2D eigenvalue weighted by molar-refractivity contribution is 7.87. The van der Waals surface area contributed by atoms with Crippen LogP contribution in [0.4, 0.5) is 0 Å². The molecular formula is C8H19N3O3S. The van der Waals surface area contributed by atoms with Gasteiger partial charge in [0, 0.05) is 32.2 Å². The van der Waals surface area contributed by atoms with Crippen molar-refractivity contribution in [2.45, 2.75) is 19.4 Å². The maximum atomic E-state index is 11.8. The molecule has 90 valence electrons. The minimum absolute atomic E-state index is 0.165. The largest absolute Gasteiger partial charge is 0.395 e. The third-order valence-corrected chi connectivity index (χ3v) is 4.12. The van der Waals surface area contributed by atoms with Crippen LogP contribution in [-0.2, 0) is 10.2 Å². The van der Waals surface area contributed by atoms with Crippen LogP contribution in [0.5, 0.6) is 0 Å². The molecule has 0 aromatic heterocycles. The highest BCUT2D eigenvalue weighted by Crippen LogP contribution is 2.02. The Labute approximate surface area is 90.8 Å². The van der Waals surface area contributed by atoms with E-state index in [4.69, 9.17) is 5.11 Å². The number of aliphatic hydroxyl groups is 1. The molecule has 3 N–H and O–H groups in total. The predicted molar refractivity (Wildman–Crippen MR) is 57.7 cm³/mol. The number of hydrogen-bond donors (Lipinski definition) is 3. The molecule has 1 aliphatic heterocycles. The molecule has 1 rings (SSSR count). The van der Waals surface area contributed by atoms with Crippen LogP contribution in [0.25, 0.3) is 0 Å². The van der Waals surface area contributed by atoms with Gasteiger partial charge < -0.3 is 10.4 Å². The van der Waals surface area contributed by atoms with Crippen molar-refractivity contribution >= 4 is 10.2 Å². The van der Waals surface area contributed by atoms with E-state index in [1.807, 2.05) is 6.92 Å². The number of piperazine rings is 1. The fraction of sp³-hybridized carbons (Fsp3) is 1.00. The lowest BCUT2D eigenvalue weighted by Crippen LogP contribution is -2.52. The van der Waals surface area contributed by atoms with Crippen molar-refractivity contribution in [1.29, 1.82) is 0 Å². The first kappa shape index (κ1) is 12.9. The second-order valence-electron chi connectivity index (χ2n) is 3.56. The molecule has 1 saturated heterocycles. The van der Waals surface area contributed by atoms with Crippen LogP contribution in [-0.4, -0.2) is 56.7 Å². The zero-order chi connectivity index (χ0) is 11.3. The smallest absolute Gasteiger partial charge is 0.279 e. The predicted octanol–water partition coefficient (Wildman–Crippen LogP) is -1.50. The maximum Gasteiger partial charge on any atom is 0.279 e. The summed E-state index contributed by atoms with van der Waals surface area (Å²) in [6, 6.07) is -0.384. The Kier molecular flexibility index (Phi) is 4.94. The van der Waals surface area contributed by atoms with Crippen molar-refractivity contribution in [3.8, 4) is 0 Å². The van der Waals surface area contributed by atoms with Gasteiger partial charge in [0.1, 0.15) is 0 Å². The number of aliphatic hydroxyl groups excluding tert-OH is 1. The van der Waals surface area contributed by atoms with Gasteiger partial charge in [-0.1, -0.05) is 6.92 Å². The van der Waals surface area contributed by atoms with Gasteiger partial charge >= 0.3 is 0 Å². The summed E-state index contributed by atoms with van der Waals surface area (Å²) in [6.07, 6.45) is 0.585. The second-order valence-corrected chi connectivity index (χ2v) is 5.26. The molecule has 0 radical (unpaired) electrons. The van der Waals surface area contributed by atoms with Crippen molar-refractivity contribution in [3.05, 3.63) is 0 Å². The lowest BCUT2D eigenvalue weighted by atomic mass is 10.3. The first-order chi connectivity index (χ1) is 7.10. The average molecular weight is 237 g/mol. The number of rotatable bonds is 5. The number of nitrogens with one attached hydrogen (secondary N) is 2. The summed E-state index contributed by atoms with van der Waals surface area (Å²) in [5, 5.41) is 12.0. The molecule has 15 heavy (non-hydrogen) atoms. The van der Waals surface area contributed by atoms with Crippen molar-refractivity contribution in [3.63, 3.8) is 0 Å². The highest BCUT2D eigenvalue weighted by atomic mass is 32.2. The first-order valence-electron chi connectivity index (χ1n) is 5.19. The average Bonchev–Trinajstić information content (AvgIpc) is 2.27. The van der Waals surface area contributed by atoms with Gasteiger partial charge in [-0.3, -0.25) is 0 Å². The van der Waals surface area contributed by atoms with Gasteiger partial charge in [0.15, 0.2) is 0 Å². The number of hydrogen-bond acceptors (Lipinski definition) is 4. The molecule has 1 fully saturated rings. The van der Waals surface area contributed by atoms with Gasteiger partial charge in [-0.25, -0.2) is 0 Å². The van der Waals surface area contributed by atoms with Crippen LogP contribution in [0.15, 0.2) is 0 Å². The second kappa shape index (κ2) is 5.76. The fourth-order valence-corrected chi connectivity index (χ4v) is 2.89. The van der Waals surface area contributed by atoms with Gasteiger partial charge in [0.05, 0.1) is 6.61 Å². The fourth-order valence-electron chi connectivity index (χ4n) is 1.42. The normalized spacial score (nSPS) is 21.5. The maximum absolute atomic E-state index is 11.8. The summed E-state index contributed by atoms with van der Waals surface area (Å²) in [5.41, 5.74) is 0. The van der Waals surface area contributed by atoms with Crippen LogP contribution >= 0.6 is 0 Å². The van der Waals surface area contributed by atoms with Crippen LogP contribution < -0.4 is 10.0 Å². The molecule has 0 spiro atoms. The molecule has 1 aliphatic rings. The summed E-state index contributed by atoms with van der Waals surface area (Å²) in [5.74, 6) is 0. The van der Waals surface area contributed by atoms with Crippen LogP contribution in [0.2, 0.25) is 0 Å². The summed E-state index contributed by atoms with van der Waals surface area (Å²) in [6.45, 7) is 3.99. The molecule has 0 aromatic rings. The van der Waals surface area contributed by atoms with E-state index in [1.54, 1.807) is 0 Å². The lowest BCUT2D eigenvalue weighted by molar-refractivity contribution is 0.249. The monoisotopic (exact) mass is 237 g/mol. The lowest BCUT2D eigenvalue weighted by Gasteiger charge is -2.28. The molecule has 0 aromatic carbocycles. The van der Waals surface area contributed by atoms with Gasteiger partial charge in [0.25, 0.3) is 10.2 Å². The first-order valence-corrected chi connectivity index (χ1v) is 6.63. The van der Waals surface area contributed by atoms with Crippen molar-refractivity contribution in [2.24, 2.45) is 0 Å². The van der Waals surface area contributed by atoms with E-state index >= 15 is 0 Å². The van der Waals surface area contributed by atoms with Gasteiger partial charge in [-0.2, -0.15) is 17.4 Å². The SMILES string of the molecule is CC[C@H](CO)NS(=O)(=O)N1CCNCC1. The van der Waals surface area contributed by atoms with E-state index in [9.17, 15) is 8.42 Å². The Morgan fingerprint density at radius 2 is 2.07 bits per heavy atom. The Morgan fingerprint density at radius 3 is 2.53 bits per heavy atom. The number of nitrogens with zero attached hydrogens (tertiary/aromatic N) is 1. The minimum Gasteiger partial charge on any atom is -0.395 e.